The van der Waals surface area contributed by atoms with Gasteiger partial charge in [0.25, 0.3) is 0 Å². The second-order valence-electron chi connectivity index (χ2n) is 22.0. The Hall–Kier alpha value is -2.89. The highest BCUT2D eigenvalue weighted by Gasteiger charge is 2.19. The maximum atomic E-state index is 12.8. The molecule has 0 N–H and O–H groups in total. The van der Waals surface area contributed by atoms with E-state index in [2.05, 4.69) is 75.5 Å². The molecular weight excluding hydrogens is 925 g/mol. The fourth-order valence-electron chi connectivity index (χ4n) is 9.63. The second-order valence-corrected chi connectivity index (χ2v) is 22.0. The standard InChI is InChI=1S/C69H124O6/c1-4-7-10-13-16-19-22-24-25-26-27-28-29-30-31-32-33-34-35-36-37-38-39-40-41-42-43-45-47-50-53-56-59-62-68(71)74-65-66(64-73-67(70)61-58-55-52-49-46-21-18-15-12-9-6-3)75-69(72)63-60-57-54-51-48-44-23-20-17-14-11-8-5-2/h8,11,17,20,26-27,44,48,54,57,66H,4-7,9-10,12-16,18-19,21-25,28-43,45-47,49-53,55-56,58-65H2,1-3H3/b11-8-,20-17-,27-26-,48-44-,57-54-. The van der Waals surface area contributed by atoms with E-state index in [1.165, 1.54) is 231 Å². The summed E-state index contributed by atoms with van der Waals surface area (Å²) in [4.78, 5) is 38.1. The number of hydrogen-bond donors (Lipinski definition) is 0. The van der Waals surface area contributed by atoms with Crippen molar-refractivity contribution < 1.29 is 28.6 Å². The minimum Gasteiger partial charge on any atom is -0.462 e. The third-order valence-electron chi connectivity index (χ3n) is 14.5. The lowest BCUT2D eigenvalue weighted by atomic mass is 10.0. The molecule has 0 aliphatic heterocycles. The Balaban J connectivity index is 4.06. The third-order valence-corrected chi connectivity index (χ3v) is 14.5. The predicted octanol–water partition coefficient (Wildman–Crippen LogP) is 22.3. The lowest BCUT2D eigenvalue weighted by Gasteiger charge is -2.18. The van der Waals surface area contributed by atoms with Crippen LogP contribution in [-0.2, 0) is 28.6 Å². The first kappa shape index (κ1) is 72.1. The van der Waals surface area contributed by atoms with Crippen molar-refractivity contribution in [2.24, 2.45) is 0 Å². The van der Waals surface area contributed by atoms with Crippen LogP contribution in [-0.4, -0.2) is 37.2 Å². The van der Waals surface area contributed by atoms with Crippen molar-refractivity contribution in [2.45, 2.75) is 348 Å². The van der Waals surface area contributed by atoms with Crippen LogP contribution in [0.5, 0.6) is 0 Å². The van der Waals surface area contributed by atoms with Gasteiger partial charge in [-0.3, -0.25) is 14.4 Å². The maximum absolute atomic E-state index is 12.8. The van der Waals surface area contributed by atoms with Crippen LogP contribution in [0, 0.1) is 0 Å². The number of hydrogen-bond acceptors (Lipinski definition) is 6. The van der Waals surface area contributed by atoms with E-state index >= 15 is 0 Å². The Morgan fingerprint density at radius 2 is 0.547 bits per heavy atom. The monoisotopic (exact) mass is 1050 g/mol. The van der Waals surface area contributed by atoms with Crippen LogP contribution in [0.2, 0.25) is 0 Å². The van der Waals surface area contributed by atoms with Gasteiger partial charge in [0.2, 0.25) is 0 Å². The van der Waals surface area contributed by atoms with Crippen molar-refractivity contribution >= 4 is 17.9 Å². The van der Waals surface area contributed by atoms with Gasteiger partial charge in [0, 0.05) is 19.3 Å². The molecule has 0 aromatic carbocycles. The Morgan fingerprint density at radius 3 is 0.867 bits per heavy atom. The largest absolute Gasteiger partial charge is 0.462 e. The van der Waals surface area contributed by atoms with Crippen molar-refractivity contribution in [1.82, 2.24) is 0 Å². The normalized spacial score (nSPS) is 12.4. The molecule has 0 aromatic heterocycles. The van der Waals surface area contributed by atoms with Crippen LogP contribution in [0.3, 0.4) is 0 Å². The highest BCUT2D eigenvalue weighted by atomic mass is 16.6. The molecule has 0 aromatic rings. The van der Waals surface area contributed by atoms with E-state index in [9.17, 15) is 14.4 Å². The van der Waals surface area contributed by atoms with Gasteiger partial charge < -0.3 is 14.2 Å². The summed E-state index contributed by atoms with van der Waals surface area (Å²) in [5.41, 5.74) is 0. The van der Waals surface area contributed by atoms with Crippen LogP contribution in [0.1, 0.15) is 342 Å². The van der Waals surface area contributed by atoms with E-state index in [0.717, 1.165) is 64.2 Å². The molecule has 1 unspecified atom stereocenters. The first-order valence-corrected chi connectivity index (χ1v) is 32.8. The summed E-state index contributed by atoms with van der Waals surface area (Å²) in [6.45, 7) is 6.49. The maximum Gasteiger partial charge on any atom is 0.306 e. The van der Waals surface area contributed by atoms with Gasteiger partial charge in [0.1, 0.15) is 13.2 Å². The van der Waals surface area contributed by atoms with Crippen LogP contribution < -0.4 is 0 Å². The lowest BCUT2D eigenvalue weighted by molar-refractivity contribution is -0.166. The SMILES string of the molecule is CC/C=C\C/C=C\C/C=C\C/C=C\CCC(=O)OC(COC(=O)CCCCCCCCCCCCC)COC(=O)CCCCCCCCCCCCCCCCCCCCCCC/C=C\CCCCCCCCCC. The minimum atomic E-state index is -0.808. The summed E-state index contributed by atoms with van der Waals surface area (Å²) in [6, 6.07) is 0. The molecular formula is C69H124O6. The zero-order chi connectivity index (χ0) is 54.3. The summed E-state index contributed by atoms with van der Waals surface area (Å²) < 4.78 is 16.8. The topological polar surface area (TPSA) is 78.9 Å². The van der Waals surface area contributed by atoms with Crippen molar-refractivity contribution in [3.8, 4) is 0 Å². The number of esters is 3. The van der Waals surface area contributed by atoms with Gasteiger partial charge >= 0.3 is 17.9 Å². The number of ether oxygens (including phenoxy) is 3. The highest BCUT2D eigenvalue weighted by molar-refractivity contribution is 5.71. The summed E-state index contributed by atoms with van der Waals surface area (Å²) in [5.74, 6) is -0.967. The average molecular weight is 1050 g/mol. The summed E-state index contributed by atoms with van der Waals surface area (Å²) in [7, 11) is 0. The zero-order valence-corrected chi connectivity index (χ0v) is 50.1. The molecule has 0 radical (unpaired) electrons. The Kier molecular flexibility index (Phi) is 61.2. The Labute approximate surface area is 466 Å². The molecule has 0 rings (SSSR count). The van der Waals surface area contributed by atoms with Crippen LogP contribution >= 0.6 is 0 Å². The molecule has 436 valence electrons. The summed E-state index contributed by atoms with van der Waals surface area (Å²) in [5, 5.41) is 0. The van der Waals surface area contributed by atoms with E-state index in [1.54, 1.807) is 0 Å². The zero-order valence-electron chi connectivity index (χ0n) is 50.1. The number of carbonyl (C=O) groups excluding carboxylic acids is 3. The van der Waals surface area contributed by atoms with E-state index in [4.69, 9.17) is 14.2 Å². The fraction of sp³-hybridized carbons (Fsp3) is 0.812. The van der Waals surface area contributed by atoms with Crippen molar-refractivity contribution in [3.05, 3.63) is 60.8 Å². The molecule has 0 bridgehead atoms. The minimum absolute atomic E-state index is 0.0986. The number of unbranched alkanes of at least 4 members (excludes halogenated alkanes) is 39. The third kappa shape index (κ3) is 61.8. The molecule has 0 spiro atoms. The van der Waals surface area contributed by atoms with Gasteiger partial charge in [-0.05, 0) is 70.6 Å². The van der Waals surface area contributed by atoms with Crippen LogP contribution in [0.25, 0.3) is 0 Å². The molecule has 1 atom stereocenters. The van der Waals surface area contributed by atoms with E-state index < -0.39 is 6.10 Å². The molecule has 0 saturated heterocycles. The van der Waals surface area contributed by atoms with Crippen LogP contribution in [0.4, 0.5) is 0 Å². The van der Waals surface area contributed by atoms with E-state index in [0.29, 0.717) is 19.3 Å². The van der Waals surface area contributed by atoms with Crippen LogP contribution in [0.15, 0.2) is 60.8 Å². The smallest absolute Gasteiger partial charge is 0.306 e. The van der Waals surface area contributed by atoms with Gasteiger partial charge in [-0.1, -0.05) is 313 Å². The first-order valence-electron chi connectivity index (χ1n) is 32.8. The van der Waals surface area contributed by atoms with Gasteiger partial charge in [0.05, 0.1) is 0 Å². The van der Waals surface area contributed by atoms with Gasteiger partial charge in [-0.15, -0.1) is 0 Å². The summed E-state index contributed by atoms with van der Waals surface area (Å²) in [6.07, 6.45) is 81.4. The molecule has 6 nitrogen and oxygen atoms in total. The molecule has 75 heavy (non-hydrogen) atoms. The fourth-order valence-corrected chi connectivity index (χ4v) is 9.63. The molecule has 6 heteroatoms. The second kappa shape index (κ2) is 63.6. The number of allylic oxidation sites excluding steroid dienone is 10. The van der Waals surface area contributed by atoms with Crippen molar-refractivity contribution in [1.29, 1.82) is 0 Å². The number of rotatable bonds is 60. The van der Waals surface area contributed by atoms with Gasteiger partial charge in [-0.2, -0.15) is 0 Å². The highest BCUT2D eigenvalue weighted by Crippen LogP contribution is 2.18. The molecule has 0 aliphatic carbocycles. The Morgan fingerprint density at radius 1 is 0.280 bits per heavy atom. The van der Waals surface area contributed by atoms with Crippen molar-refractivity contribution in [3.63, 3.8) is 0 Å². The first-order chi connectivity index (χ1) is 37.0. The molecule has 0 fully saturated rings. The predicted molar refractivity (Wildman–Crippen MR) is 325 cm³/mol. The van der Waals surface area contributed by atoms with Gasteiger partial charge in [0.15, 0.2) is 6.10 Å². The number of carbonyl (C=O) groups is 3. The molecule has 0 heterocycles. The molecule has 0 aliphatic rings. The molecule has 0 amide bonds. The summed E-state index contributed by atoms with van der Waals surface area (Å²) >= 11 is 0. The van der Waals surface area contributed by atoms with E-state index in [-0.39, 0.29) is 37.5 Å². The lowest BCUT2D eigenvalue weighted by Crippen LogP contribution is -2.30. The molecule has 0 saturated carbocycles. The van der Waals surface area contributed by atoms with E-state index in [1.807, 2.05) is 6.08 Å². The van der Waals surface area contributed by atoms with Gasteiger partial charge in [-0.25, -0.2) is 0 Å². The Bertz CT molecular complexity index is 1340. The average Bonchev–Trinajstić information content (AvgIpc) is 3.41. The quantitative estimate of drug-likeness (QED) is 0.0261. The van der Waals surface area contributed by atoms with Crippen molar-refractivity contribution in [2.75, 3.05) is 13.2 Å².